The number of hydrogen-bond acceptors (Lipinski definition) is 3. The molecule has 0 atom stereocenters. The van der Waals surface area contributed by atoms with Crippen LogP contribution in [0.3, 0.4) is 0 Å². The lowest BCUT2D eigenvalue weighted by Gasteiger charge is -2.05. The summed E-state index contributed by atoms with van der Waals surface area (Å²) < 4.78 is 7.08. The van der Waals surface area contributed by atoms with E-state index in [4.69, 9.17) is 26.4 Å². The van der Waals surface area contributed by atoms with Gasteiger partial charge >= 0.3 is 0 Å². The van der Waals surface area contributed by atoms with Gasteiger partial charge in [0.15, 0.2) is 11.6 Å². The first kappa shape index (κ1) is 16.4. The molecule has 0 bridgehead atoms. The third-order valence-corrected chi connectivity index (χ3v) is 4.31. The summed E-state index contributed by atoms with van der Waals surface area (Å²) in [5, 5.41) is 5.43. The molecule has 4 rings (SSSR count). The Hall–Kier alpha value is -3.11. The van der Waals surface area contributed by atoms with Crippen molar-refractivity contribution in [1.82, 2.24) is 14.8 Å². The molecular weight excluding hydrogens is 346 g/mol. The Balaban J connectivity index is 1.85. The monoisotopic (exact) mass is 361 g/mol. The number of hydrogen-bond donors (Lipinski definition) is 0. The van der Waals surface area contributed by atoms with Crippen molar-refractivity contribution in [3.8, 4) is 34.2 Å². The Morgan fingerprint density at radius 2 is 1.46 bits per heavy atom. The predicted octanol–water partition coefficient (Wildman–Crippen LogP) is 5.26. The minimum Gasteiger partial charge on any atom is -0.497 e. The molecule has 4 nitrogen and oxygen atoms in total. The molecule has 1 heterocycles. The summed E-state index contributed by atoms with van der Waals surface area (Å²) in [4.78, 5) is 4.78. The van der Waals surface area contributed by atoms with Gasteiger partial charge in [-0.05, 0) is 60.7 Å². The van der Waals surface area contributed by atoms with E-state index >= 15 is 0 Å². The second kappa shape index (κ2) is 7.02. The standard InChI is InChI=1S/C21H16ClN3O/c1-26-19-13-9-15(10-14-19)20-23-21(16-7-11-17(22)12-8-16)25(24-20)18-5-3-2-4-6-18/h2-14H,1H3. The maximum Gasteiger partial charge on any atom is 0.182 e. The van der Waals surface area contributed by atoms with Gasteiger partial charge in [-0.2, -0.15) is 0 Å². The summed E-state index contributed by atoms with van der Waals surface area (Å²) >= 11 is 6.03. The molecule has 0 aliphatic carbocycles. The van der Waals surface area contributed by atoms with Crippen molar-refractivity contribution >= 4 is 11.6 Å². The van der Waals surface area contributed by atoms with E-state index in [1.165, 1.54) is 0 Å². The van der Waals surface area contributed by atoms with Gasteiger partial charge in [0.05, 0.1) is 12.8 Å². The van der Waals surface area contributed by atoms with Crippen LogP contribution in [0, 0.1) is 0 Å². The number of aromatic nitrogens is 3. The Bertz CT molecular complexity index is 1010. The van der Waals surface area contributed by atoms with E-state index in [2.05, 4.69) is 0 Å². The van der Waals surface area contributed by atoms with Crippen LogP contribution in [0.25, 0.3) is 28.5 Å². The van der Waals surface area contributed by atoms with Crippen LogP contribution in [0.5, 0.6) is 5.75 Å². The van der Waals surface area contributed by atoms with Crippen molar-refractivity contribution < 1.29 is 4.74 Å². The number of halogens is 1. The van der Waals surface area contributed by atoms with Crippen LogP contribution in [0.15, 0.2) is 78.9 Å². The van der Waals surface area contributed by atoms with Gasteiger partial charge in [-0.3, -0.25) is 0 Å². The Morgan fingerprint density at radius 1 is 0.808 bits per heavy atom. The summed E-state index contributed by atoms with van der Waals surface area (Å²) in [6, 6.07) is 25.3. The van der Waals surface area contributed by atoms with E-state index in [-0.39, 0.29) is 0 Å². The van der Waals surface area contributed by atoms with Crippen molar-refractivity contribution in [2.24, 2.45) is 0 Å². The molecule has 0 spiro atoms. The van der Waals surface area contributed by atoms with Gasteiger partial charge in [-0.15, -0.1) is 5.10 Å². The molecule has 0 aliphatic heterocycles. The quantitative estimate of drug-likeness (QED) is 0.497. The number of nitrogens with zero attached hydrogens (tertiary/aromatic N) is 3. The number of methoxy groups -OCH3 is 1. The van der Waals surface area contributed by atoms with E-state index in [1.54, 1.807) is 7.11 Å². The van der Waals surface area contributed by atoms with E-state index in [0.717, 1.165) is 28.4 Å². The summed E-state index contributed by atoms with van der Waals surface area (Å²) in [7, 11) is 1.65. The zero-order valence-corrected chi connectivity index (χ0v) is 14.9. The SMILES string of the molecule is COc1ccc(-c2nc(-c3ccc(Cl)cc3)n(-c3ccccc3)n2)cc1. The highest BCUT2D eigenvalue weighted by molar-refractivity contribution is 6.30. The van der Waals surface area contributed by atoms with Crippen molar-refractivity contribution in [2.75, 3.05) is 7.11 Å². The van der Waals surface area contributed by atoms with Crippen molar-refractivity contribution in [1.29, 1.82) is 0 Å². The first-order valence-electron chi connectivity index (χ1n) is 8.17. The third kappa shape index (κ3) is 3.19. The van der Waals surface area contributed by atoms with Crippen LogP contribution >= 0.6 is 11.6 Å². The molecule has 0 amide bonds. The Morgan fingerprint density at radius 3 is 2.12 bits per heavy atom. The van der Waals surface area contributed by atoms with Gasteiger partial charge in [-0.25, -0.2) is 9.67 Å². The highest BCUT2D eigenvalue weighted by Crippen LogP contribution is 2.27. The van der Waals surface area contributed by atoms with E-state index < -0.39 is 0 Å². The van der Waals surface area contributed by atoms with E-state index in [9.17, 15) is 0 Å². The van der Waals surface area contributed by atoms with Gasteiger partial charge < -0.3 is 4.74 Å². The van der Waals surface area contributed by atoms with Crippen LogP contribution in [0.1, 0.15) is 0 Å². The minimum absolute atomic E-state index is 0.654. The first-order chi connectivity index (χ1) is 12.7. The van der Waals surface area contributed by atoms with Crippen LogP contribution in [0.4, 0.5) is 0 Å². The lowest BCUT2D eigenvalue weighted by atomic mass is 10.2. The lowest BCUT2D eigenvalue weighted by molar-refractivity contribution is 0.415. The fraction of sp³-hybridized carbons (Fsp3) is 0.0476. The van der Waals surface area contributed by atoms with Gasteiger partial charge in [-0.1, -0.05) is 29.8 Å². The summed E-state index contributed by atoms with van der Waals surface area (Å²) in [5.41, 5.74) is 2.82. The molecule has 4 aromatic rings. The lowest BCUT2D eigenvalue weighted by Crippen LogP contribution is -1.99. The highest BCUT2D eigenvalue weighted by atomic mass is 35.5. The zero-order chi connectivity index (χ0) is 17.9. The van der Waals surface area contributed by atoms with Crippen molar-refractivity contribution in [3.63, 3.8) is 0 Å². The fourth-order valence-electron chi connectivity index (χ4n) is 2.71. The molecule has 0 unspecified atom stereocenters. The summed E-state index contributed by atoms with van der Waals surface area (Å²) in [6.07, 6.45) is 0. The molecule has 128 valence electrons. The number of para-hydroxylation sites is 1. The number of ether oxygens (including phenoxy) is 1. The largest absolute Gasteiger partial charge is 0.497 e. The number of benzene rings is 3. The average molecular weight is 362 g/mol. The van der Waals surface area contributed by atoms with Crippen LogP contribution in [0.2, 0.25) is 5.02 Å². The molecule has 0 saturated carbocycles. The van der Waals surface area contributed by atoms with Crippen LogP contribution in [-0.4, -0.2) is 21.9 Å². The molecule has 0 radical (unpaired) electrons. The normalized spacial score (nSPS) is 10.7. The second-order valence-corrected chi connectivity index (χ2v) is 6.18. The van der Waals surface area contributed by atoms with Gasteiger partial charge in [0, 0.05) is 16.1 Å². The molecule has 0 saturated heterocycles. The molecule has 26 heavy (non-hydrogen) atoms. The minimum atomic E-state index is 0.654. The summed E-state index contributed by atoms with van der Waals surface area (Å²) in [6.45, 7) is 0. The number of rotatable bonds is 4. The molecular formula is C21H16ClN3O. The molecule has 0 aliphatic rings. The first-order valence-corrected chi connectivity index (χ1v) is 8.55. The predicted molar refractivity (Wildman–Crippen MR) is 104 cm³/mol. The fourth-order valence-corrected chi connectivity index (χ4v) is 2.84. The second-order valence-electron chi connectivity index (χ2n) is 5.74. The molecule has 5 heteroatoms. The van der Waals surface area contributed by atoms with Gasteiger partial charge in [0.1, 0.15) is 5.75 Å². The van der Waals surface area contributed by atoms with E-state index in [1.807, 2.05) is 83.5 Å². The summed E-state index contributed by atoms with van der Waals surface area (Å²) in [5.74, 6) is 2.22. The maximum absolute atomic E-state index is 6.03. The van der Waals surface area contributed by atoms with E-state index in [0.29, 0.717) is 10.8 Å². The smallest absolute Gasteiger partial charge is 0.182 e. The molecule has 0 fully saturated rings. The maximum atomic E-state index is 6.03. The molecule has 1 aromatic heterocycles. The van der Waals surface area contributed by atoms with Crippen molar-refractivity contribution in [3.05, 3.63) is 83.9 Å². The topological polar surface area (TPSA) is 39.9 Å². The van der Waals surface area contributed by atoms with Gasteiger partial charge in [0.2, 0.25) is 0 Å². The van der Waals surface area contributed by atoms with Crippen LogP contribution < -0.4 is 4.74 Å². The highest BCUT2D eigenvalue weighted by Gasteiger charge is 2.15. The molecule has 0 N–H and O–H groups in total. The Labute approximate surface area is 156 Å². The van der Waals surface area contributed by atoms with Crippen molar-refractivity contribution in [2.45, 2.75) is 0 Å². The van der Waals surface area contributed by atoms with Gasteiger partial charge in [0.25, 0.3) is 0 Å². The van der Waals surface area contributed by atoms with Crippen LogP contribution in [-0.2, 0) is 0 Å². The third-order valence-electron chi connectivity index (χ3n) is 4.06. The molecule has 3 aromatic carbocycles. The zero-order valence-electron chi connectivity index (χ0n) is 14.1. The average Bonchev–Trinajstić information content (AvgIpc) is 3.15. The Kier molecular flexibility index (Phi) is 4.42.